The second kappa shape index (κ2) is 8.62. The fraction of sp³-hybridized carbons (Fsp3) is 0.385. The zero-order chi connectivity index (χ0) is 22.2. The maximum atomic E-state index is 13.3. The maximum absolute atomic E-state index is 13.3. The number of aryl methyl sites for hydroxylation is 1. The van der Waals surface area contributed by atoms with Gasteiger partial charge in [0.15, 0.2) is 0 Å². The molecule has 1 aliphatic carbocycles. The predicted molar refractivity (Wildman–Crippen MR) is 123 cm³/mol. The van der Waals surface area contributed by atoms with Crippen molar-refractivity contribution in [3.8, 4) is 5.75 Å². The van der Waals surface area contributed by atoms with Gasteiger partial charge in [-0.05, 0) is 67.1 Å². The van der Waals surface area contributed by atoms with E-state index in [-0.39, 0.29) is 17.4 Å². The Labute approximate surface area is 192 Å². The normalized spacial score (nSPS) is 23.2. The van der Waals surface area contributed by atoms with Crippen molar-refractivity contribution in [3.63, 3.8) is 0 Å². The Balaban J connectivity index is 1.63. The molecule has 1 unspecified atom stereocenters. The number of carbonyl (C=O) groups excluding carboxylic acids is 2. The Morgan fingerprint density at radius 2 is 1.75 bits per heavy atom. The van der Waals surface area contributed by atoms with E-state index in [1.165, 1.54) is 0 Å². The number of aliphatic hydroxyl groups is 1. The molecule has 1 saturated carbocycles. The minimum atomic E-state index is -0.623. The zero-order valence-electron chi connectivity index (χ0n) is 17.9. The number of ether oxygens (including phenoxy) is 1. The third-order valence-corrected chi connectivity index (χ3v) is 7.07. The van der Waals surface area contributed by atoms with E-state index in [1.807, 2.05) is 24.3 Å². The van der Waals surface area contributed by atoms with Crippen LogP contribution in [0.4, 0.5) is 0 Å². The van der Waals surface area contributed by atoms with Crippen molar-refractivity contribution in [3.05, 3.63) is 69.8 Å². The molecule has 0 bridgehead atoms. The second-order valence-electron chi connectivity index (χ2n) is 8.82. The van der Waals surface area contributed by atoms with E-state index in [2.05, 4.69) is 0 Å². The van der Waals surface area contributed by atoms with Crippen LogP contribution in [0.15, 0.2) is 48.0 Å². The number of amides is 1. The Hall–Kier alpha value is -2.79. The van der Waals surface area contributed by atoms with E-state index in [1.54, 1.807) is 23.1 Å². The van der Waals surface area contributed by atoms with Gasteiger partial charge in [0, 0.05) is 16.6 Å². The number of ketones is 1. The summed E-state index contributed by atoms with van der Waals surface area (Å²) in [6.45, 7) is 0.682. The Morgan fingerprint density at radius 1 is 1.00 bits per heavy atom. The molecule has 1 N–H and O–H groups in total. The molecule has 5 nitrogen and oxygen atoms in total. The fourth-order valence-electron chi connectivity index (χ4n) is 5.22. The van der Waals surface area contributed by atoms with Gasteiger partial charge in [0.05, 0.1) is 18.2 Å². The van der Waals surface area contributed by atoms with Crippen LogP contribution in [0.5, 0.6) is 5.75 Å². The van der Waals surface area contributed by atoms with E-state index in [0.717, 1.165) is 61.8 Å². The number of hydrogen-bond donors (Lipinski definition) is 1. The molecule has 2 fully saturated rings. The molecule has 32 heavy (non-hydrogen) atoms. The first-order valence-electron chi connectivity index (χ1n) is 11.4. The van der Waals surface area contributed by atoms with Crippen molar-refractivity contribution in [1.29, 1.82) is 0 Å². The largest absolute Gasteiger partial charge is 0.507 e. The lowest BCUT2D eigenvalue weighted by Gasteiger charge is -2.35. The lowest BCUT2D eigenvalue weighted by molar-refractivity contribution is -0.141. The molecule has 5 rings (SSSR count). The van der Waals surface area contributed by atoms with Gasteiger partial charge in [0.2, 0.25) is 0 Å². The van der Waals surface area contributed by atoms with Crippen molar-refractivity contribution < 1.29 is 19.4 Å². The smallest absolute Gasteiger partial charge is 0.295 e. The highest BCUT2D eigenvalue weighted by Gasteiger charge is 2.48. The summed E-state index contributed by atoms with van der Waals surface area (Å²) < 4.78 is 5.68. The van der Waals surface area contributed by atoms with Gasteiger partial charge in [-0.15, -0.1) is 0 Å². The van der Waals surface area contributed by atoms with Crippen LogP contribution < -0.4 is 4.74 Å². The number of fused-ring (bicyclic) bond motifs is 1. The predicted octanol–water partition coefficient (Wildman–Crippen LogP) is 5.42. The Bertz CT molecular complexity index is 1090. The van der Waals surface area contributed by atoms with Crippen LogP contribution in [0, 0.1) is 0 Å². The fourth-order valence-corrected chi connectivity index (χ4v) is 5.35. The first-order chi connectivity index (χ1) is 15.5. The van der Waals surface area contributed by atoms with Gasteiger partial charge in [-0.25, -0.2) is 0 Å². The van der Waals surface area contributed by atoms with Gasteiger partial charge in [0.25, 0.3) is 11.7 Å². The number of nitrogens with zero attached hydrogens (tertiary/aromatic N) is 1. The average Bonchev–Trinajstić information content (AvgIpc) is 3.09. The van der Waals surface area contributed by atoms with Gasteiger partial charge in [-0.2, -0.15) is 0 Å². The van der Waals surface area contributed by atoms with Crippen LogP contribution in [0.1, 0.15) is 61.3 Å². The molecular formula is C26H26ClNO4. The summed E-state index contributed by atoms with van der Waals surface area (Å²) in [5.74, 6) is -0.471. The zero-order valence-corrected chi connectivity index (χ0v) is 18.6. The lowest BCUT2D eigenvalue weighted by atomic mass is 9.90. The number of likely N-dealkylation sites (tertiary alicyclic amines) is 1. The first kappa shape index (κ1) is 21.1. The van der Waals surface area contributed by atoms with E-state index >= 15 is 0 Å². The number of rotatable bonds is 3. The van der Waals surface area contributed by atoms with Crippen LogP contribution in [0.25, 0.3) is 5.76 Å². The number of aliphatic hydroxyl groups excluding tert-OH is 1. The molecule has 2 heterocycles. The molecule has 2 aliphatic heterocycles. The summed E-state index contributed by atoms with van der Waals surface area (Å²) in [5, 5.41) is 11.9. The third kappa shape index (κ3) is 3.69. The van der Waals surface area contributed by atoms with Crippen LogP contribution in [-0.4, -0.2) is 34.3 Å². The van der Waals surface area contributed by atoms with Gasteiger partial charge in [0.1, 0.15) is 11.5 Å². The topological polar surface area (TPSA) is 66.8 Å². The standard InChI is InChI=1S/C26H26ClNO4/c27-19-11-8-16(9-12-19)23-22(25(30)26(31)28(23)20-6-2-1-3-7-20)24(29)18-10-13-21-17(15-18)5-4-14-32-21/h8-13,15,20,23,29H,1-7,14H2/b24-22-. The van der Waals surface area contributed by atoms with Crippen molar-refractivity contribution in [2.45, 2.75) is 57.0 Å². The summed E-state index contributed by atoms with van der Waals surface area (Å²) in [5.41, 5.74) is 2.47. The van der Waals surface area contributed by atoms with Gasteiger partial charge >= 0.3 is 0 Å². The molecular weight excluding hydrogens is 426 g/mol. The Morgan fingerprint density at radius 3 is 2.50 bits per heavy atom. The minimum Gasteiger partial charge on any atom is -0.507 e. The molecule has 1 amide bonds. The number of benzene rings is 2. The third-order valence-electron chi connectivity index (χ3n) is 6.82. The van der Waals surface area contributed by atoms with E-state index in [0.29, 0.717) is 17.2 Å². The number of Topliss-reactive ketones (excluding diaryl/α,β-unsaturated/α-hetero) is 1. The first-order valence-corrected chi connectivity index (χ1v) is 11.7. The van der Waals surface area contributed by atoms with Gasteiger partial charge in [-0.1, -0.05) is 43.0 Å². The molecule has 1 atom stereocenters. The molecule has 3 aliphatic rings. The Kier molecular flexibility index (Phi) is 5.68. The highest BCUT2D eigenvalue weighted by Crippen LogP contribution is 2.43. The monoisotopic (exact) mass is 451 g/mol. The van der Waals surface area contributed by atoms with E-state index in [9.17, 15) is 14.7 Å². The second-order valence-corrected chi connectivity index (χ2v) is 9.26. The van der Waals surface area contributed by atoms with Crippen LogP contribution in [0.3, 0.4) is 0 Å². The SMILES string of the molecule is O=C1C(=O)N(C2CCCCC2)C(c2ccc(Cl)cc2)/C1=C(/O)c1ccc2c(c1)CCCO2. The van der Waals surface area contributed by atoms with Crippen molar-refractivity contribution in [2.24, 2.45) is 0 Å². The van der Waals surface area contributed by atoms with Crippen LogP contribution >= 0.6 is 11.6 Å². The summed E-state index contributed by atoms with van der Waals surface area (Å²) in [6, 6.07) is 12.0. The maximum Gasteiger partial charge on any atom is 0.295 e. The highest BCUT2D eigenvalue weighted by molar-refractivity contribution is 6.46. The quantitative estimate of drug-likeness (QED) is 0.384. The van der Waals surface area contributed by atoms with Crippen LogP contribution in [0.2, 0.25) is 5.02 Å². The number of hydrogen-bond acceptors (Lipinski definition) is 4. The molecule has 0 radical (unpaired) electrons. The van der Waals surface area contributed by atoms with E-state index < -0.39 is 17.7 Å². The number of halogens is 1. The summed E-state index contributed by atoms with van der Waals surface area (Å²) >= 11 is 6.10. The molecule has 6 heteroatoms. The summed E-state index contributed by atoms with van der Waals surface area (Å²) in [4.78, 5) is 28.2. The molecule has 1 saturated heterocycles. The highest BCUT2D eigenvalue weighted by atomic mass is 35.5. The van der Waals surface area contributed by atoms with Crippen molar-refractivity contribution in [2.75, 3.05) is 6.61 Å². The minimum absolute atomic E-state index is 0.0110. The van der Waals surface area contributed by atoms with Gasteiger partial charge < -0.3 is 14.7 Å². The summed E-state index contributed by atoms with van der Waals surface area (Å²) in [6.07, 6.45) is 6.71. The van der Waals surface area contributed by atoms with Crippen molar-refractivity contribution >= 4 is 29.1 Å². The van der Waals surface area contributed by atoms with Gasteiger partial charge in [-0.3, -0.25) is 9.59 Å². The summed E-state index contributed by atoms with van der Waals surface area (Å²) in [7, 11) is 0. The lowest BCUT2D eigenvalue weighted by Crippen LogP contribution is -2.40. The van der Waals surface area contributed by atoms with Crippen LogP contribution in [-0.2, 0) is 16.0 Å². The average molecular weight is 452 g/mol. The van der Waals surface area contributed by atoms with Crippen molar-refractivity contribution in [1.82, 2.24) is 4.90 Å². The molecule has 0 aromatic heterocycles. The number of carbonyl (C=O) groups is 2. The van der Waals surface area contributed by atoms with E-state index in [4.69, 9.17) is 16.3 Å². The molecule has 2 aromatic rings. The molecule has 166 valence electrons. The molecule has 2 aromatic carbocycles. The molecule has 0 spiro atoms.